The molecule has 0 spiro atoms. The van der Waals surface area contributed by atoms with E-state index in [0.29, 0.717) is 25.9 Å². The van der Waals surface area contributed by atoms with Crippen molar-refractivity contribution in [3.63, 3.8) is 0 Å². The molecule has 0 aliphatic carbocycles. The number of halogens is 3. The number of hydrogen-bond donors (Lipinski definition) is 1. The normalized spacial score (nSPS) is 10.2. The van der Waals surface area contributed by atoms with Gasteiger partial charge < -0.3 is 5.32 Å². The van der Waals surface area contributed by atoms with Gasteiger partial charge in [0.2, 0.25) is 0 Å². The molecule has 0 radical (unpaired) electrons. The number of rotatable bonds is 2. The molecule has 0 bridgehead atoms. The van der Waals surface area contributed by atoms with Gasteiger partial charge in [-0.15, -0.1) is 0 Å². The van der Waals surface area contributed by atoms with Crippen LogP contribution in [-0.2, 0) is 0 Å². The number of aromatic nitrogens is 1. The number of nitrogens with zero attached hydrogens (tertiary/aromatic N) is 1. The van der Waals surface area contributed by atoms with Gasteiger partial charge in [-0.1, -0.05) is 29.3 Å². The molecule has 6 heteroatoms. The third-order valence-corrected chi connectivity index (χ3v) is 3.81. The summed E-state index contributed by atoms with van der Waals surface area (Å²) in [5.41, 5.74) is 1.02. The first-order chi connectivity index (χ1) is 8.58. The minimum absolute atomic E-state index is 0.276. The highest BCUT2D eigenvalue weighted by atomic mass is 79.9. The largest absolute Gasteiger partial charge is 0.321 e. The average Bonchev–Trinajstić information content (AvgIpc) is 2.36. The molecule has 2 rings (SSSR count). The van der Waals surface area contributed by atoms with Crippen molar-refractivity contribution in [2.45, 2.75) is 0 Å². The molecule has 0 atom stereocenters. The number of pyridine rings is 1. The molecule has 0 saturated carbocycles. The summed E-state index contributed by atoms with van der Waals surface area (Å²) in [6, 6.07) is 8.39. The second-order valence-corrected chi connectivity index (χ2v) is 5.01. The van der Waals surface area contributed by atoms with E-state index in [1.807, 2.05) is 0 Å². The zero-order valence-electron chi connectivity index (χ0n) is 8.95. The van der Waals surface area contributed by atoms with E-state index >= 15 is 0 Å². The Bertz CT molecular complexity index is 587. The fraction of sp³-hybridized carbons (Fsp3) is 0. The lowest BCUT2D eigenvalue weighted by Crippen LogP contribution is -2.12. The first kappa shape index (κ1) is 13.3. The molecule has 1 aromatic carbocycles. The highest BCUT2D eigenvalue weighted by Gasteiger charge is 2.10. The van der Waals surface area contributed by atoms with Gasteiger partial charge in [-0.25, -0.2) is 4.98 Å². The minimum Gasteiger partial charge on any atom is -0.321 e. The van der Waals surface area contributed by atoms with E-state index < -0.39 is 0 Å². The predicted octanol–water partition coefficient (Wildman–Crippen LogP) is 4.40. The molecule has 1 aromatic heterocycles. The van der Waals surface area contributed by atoms with E-state index in [0.717, 1.165) is 0 Å². The predicted molar refractivity (Wildman–Crippen MR) is 76.4 cm³/mol. The van der Waals surface area contributed by atoms with Crippen LogP contribution in [0.1, 0.15) is 10.4 Å². The van der Waals surface area contributed by atoms with E-state index in [4.69, 9.17) is 23.2 Å². The van der Waals surface area contributed by atoms with E-state index in [2.05, 4.69) is 26.2 Å². The summed E-state index contributed by atoms with van der Waals surface area (Å²) in [5.74, 6) is -0.276. The Kier molecular flexibility index (Phi) is 4.22. The quantitative estimate of drug-likeness (QED) is 0.819. The van der Waals surface area contributed by atoms with Crippen LogP contribution in [0.5, 0.6) is 0 Å². The van der Waals surface area contributed by atoms with Gasteiger partial charge in [-0.2, -0.15) is 0 Å². The van der Waals surface area contributed by atoms with Gasteiger partial charge in [-0.3, -0.25) is 4.79 Å². The first-order valence-corrected chi connectivity index (χ1v) is 6.50. The Labute approximate surface area is 122 Å². The van der Waals surface area contributed by atoms with Crippen molar-refractivity contribution in [2.75, 3.05) is 5.32 Å². The maximum Gasteiger partial charge on any atom is 0.257 e. The summed E-state index contributed by atoms with van der Waals surface area (Å²) in [6.07, 6.45) is 1.41. The second kappa shape index (κ2) is 5.69. The summed E-state index contributed by atoms with van der Waals surface area (Å²) in [6.45, 7) is 0. The van der Waals surface area contributed by atoms with Gasteiger partial charge in [0.15, 0.2) is 0 Å². The molecule has 1 heterocycles. The van der Waals surface area contributed by atoms with E-state index in [1.165, 1.54) is 6.20 Å². The Morgan fingerprint density at radius 2 is 2.00 bits per heavy atom. The SMILES string of the molecule is O=C(Nc1cccc(Cl)c1Br)c1ccc(Cl)nc1. The van der Waals surface area contributed by atoms with Crippen LogP contribution >= 0.6 is 39.1 Å². The fourth-order valence-corrected chi connectivity index (χ4v) is 1.95. The van der Waals surface area contributed by atoms with Gasteiger partial charge in [0.1, 0.15) is 5.15 Å². The molecule has 2 aromatic rings. The maximum atomic E-state index is 11.9. The highest BCUT2D eigenvalue weighted by Crippen LogP contribution is 2.30. The molecule has 92 valence electrons. The fourth-order valence-electron chi connectivity index (χ4n) is 1.30. The number of carbonyl (C=O) groups excluding carboxylic acids is 1. The standard InChI is InChI=1S/C12H7BrCl2N2O/c13-11-8(14)2-1-3-9(11)17-12(18)7-4-5-10(15)16-6-7/h1-6H,(H,17,18). The Morgan fingerprint density at radius 3 is 2.67 bits per heavy atom. The summed E-state index contributed by atoms with van der Waals surface area (Å²) in [4.78, 5) is 15.8. The summed E-state index contributed by atoms with van der Waals surface area (Å²) >= 11 is 14.9. The molecular weight excluding hydrogens is 339 g/mol. The summed E-state index contributed by atoms with van der Waals surface area (Å²) < 4.78 is 0.641. The third kappa shape index (κ3) is 3.02. The van der Waals surface area contributed by atoms with Crippen LogP contribution < -0.4 is 5.32 Å². The molecule has 1 amide bonds. The van der Waals surface area contributed by atoms with Gasteiger partial charge >= 0.3 is 0 Å². The average molecular weight is 346 g/mol. The molecule has 0 fully saturated rings. The van der Waals surface area contributed by atoms with Crippen LogP contribution in [0, 0.1) is 0 Å². The molecule has 3 nitrogen and oxygen atoms in total. The summed E-state index contributed by atoms with van der Waals surface area (Å²) in [7, 11) is 0. The van der Waals surface area contributed by atoms with E-state index in [-0.39, 0.29) is 5.91 Å². The Morgan fingerprint density at radius 1 is 1.22 bits per heavy atom. The van der Waals surface area contributed by atoms with Gasteiger partial charge in [0.05, 0.1) is 20.7 Å². The highest BCUT2D eigenvalue weighted by molar-refractivity contribution is 9.10. The van der Waals surface area contributed by atoms with E-state index in [9.17, 15) is 4.79 Å². The number of amides is 1. The van der Waals surface area contributed by atoms with Crippen LogP contribution in [0.3, 0.4) is 0 Å². The van der Waals surface area contributed by atoms with Crippen molar-refractivity contribution in [1.82, 2.24) is 4.98 Å². The number of hydrogen-bond acceptors (Lipinski definition) is 2. The van der Waals surface area contributed by atoms with Crippen LogP contribution in [0.4, 0.5) is 5.69 Å². The molecule has 0 aliphatic rings. The number of anilines is 1. The van der Waals surface area contributed by atoms with Crippen molar-refractivity contribution in [3.05, 3.63) is 56.7 Å². The van der Waals surface area contributed by atoms with Crippen molar-refractivity contribution in [1.29, 1.82) is 0 Å². The van der Waals surface area contributed by atoms with Crippen molar-refractivity contribution in [3.8, 4) is 0 Å². The minimum atomic E-state index is -0.276. The van der Waals surface area contributed by atoms with Crippen molar-refractivity contribution >= 4 is 50.7 Å². The van der Waals surface area contributed by atoms with Crippen LogP contribution in [0.2, 0.25) is 10.2 Å². The number of carbonyl (C=O) groups is 1. The molecule has 0 saturated heterocycles. The first-order valence-electron chi connectivity index (χ1n) is 4.95. The smallest absolute Gasteiger partial charge is 0.257 e. The Hall–Kier alpha value is -1.10. The van der Waals surface area contributed by atoms with Crippen molar-refractivity contribution in [2.24, 2.45) is 0 Å². The third-order valence-electron chi connectivity index (χ3n) is 2.19. The topological polar surface area (TPSA) is 42.0 Å². The van der Waals surface area contributed by atoms with Gasteiger partial charge in [-0.05, 0) is 40.2 Å². The molecule has 0 unspecified atom stereocenters. The monoisotopic (exact) mass is 344 g/mol. The Balaban J connectivity index is 2.21. The van der Waals surface area contributed by atoms with Crippen molar-refractivity contribution < 1.29 is 4.79 Å². The lowest BCUT2D eigenvalue weighted by Gasteiger charge is -2.08. The maximum absolute atomic E-state index is 11.9. The molecule has 1 N–H and O–H groups in total. The number of benzene rings is 1. The van der Waals surface area contributed by atoms with Crippen LogP contribution in [0.15, 0.2) is 41.0 Å². The number of nitrogens with one attached hydrogen (secondary N) is 1. The zero-order chi connectivity index (χ0) is 13.1. The summed E-state index contributed by atoms with van der Waals surface area (Å²) in [5, 5.41) is 3.61. The molecule has 0 aliphatic heterocycles. The van der Waals surface area contributed by atoms with Crippen LogP contribution in [-0.4, -0.2) is 10.9 Å². The van der Waals surface area contributed by atoms with Gasteiger partial charge in [0, 0.05) is 6.20 Å². The second-order valence-electron chi connectivity index (χ2n) is 3.43. The zero-order valence-corrected chi connectivity index (χ0v) is 12.1. The lowest BCUT2D eigenvalue weighted by atomic mass is 10.2. The molecule has 18 heavy (non-hydrogen) atoms. The van der Waals surface area contributed by atoms with Gasteiger partial charge in [0.25, 0.3) is 5.91 Å². The van der Waals surface area contributed by atoms with E-state index in [1.54, 1.807) is 30.3 Å². The molecular formula is C12H7BrCl2N2O. The van der Waals surface area contributed by atoms with Crippen LogP contribution in [0.25, 0.3) is 0 Å². The lowest BCUT2D eigenvalue weighted by molar-refractivity contribution is 0.102.